The van der Waals surface area contributed by atoms with Crippen LogP contribution in [0.3, 0.4) is 0 Å². The minimum absolute atomic E-state index is 0. The van der Waals surface area contributed by atoms with E-state index in [9.17, 15) is 13.2 Å². The molecule has 0 aliphatic rings. The largest absolute Gasteiger partial charge is 0.309 e. The van der Waals surface area contributed by atoms with E-state index in [1.807, 2.05) is 27.9 Å². The molecule has 192 valence electrons. The van der Waals surface area contributed by atoms with E-state index in [2.05, 4.69) is 30.9 Å². The summed E-state index contributed by atoms with van der Waals surface area (Å²) in [7, 11) is 0.436. The van der Waals surface area contributed by atoms with Gasteiger partial charge in [0.2, 0.25) is 10.0 Å². The molecule has 1 amide bonds. The fourth-order valence-electron chi connectivity index (χ4n) is 3.75. The molecule has 3 aromatic rings. The molecule has 10 heteroatoms. The Balaban J connectivity index is 0.00000432. The Morgan fingerprint density at radius 1 is 0.971 bits per heavy atom. The van der Waals surface area contributed by atoms with Crippen LogP contribution in [-0.4, -0.2) is 68.8 Å². The van der Waals surface area contributed by atoms with Gasteiger partial charge in [0.05, 0.1) is 15.1 Å². The molecule has 0 saturated carbocycles. The third-order valence-corrected chi connectivity index (χ3v) is 9.01. The van der Waals surface area contributed by atoms with Crippen molar-refractivity contribution < 1.29 is 13.2 Å². The smallest absolute Gasteiger partial charge is 0.260 e. The zero-order valence-electron chi connectivity index (χ0n) is 21.2. The molecule has 7 nitrogen and oxygen atoms in total. The van der Waals surface area contributed by atoms with E-state index >= 15 is 0 Å². The molecule has 0 bridgehead atoms. The SMILES string of the molecule is CCN(CC)S(=O)(=O)c1ccc(C(=O)N(CCCN(C)C)c2nc3cc(C)c(C)cc3s2)cc1.Cl. The Morgan fingerprint density at radius 2 is 1.57 bits per heavy atom. The second kappa shape index (κ2) is 12.3. The van der Waals surface area contributed by atoms with Crippen LogP contribution < -0.4 is 4.90 Å². The van der Waals surface area contributed by atoms with Crippen molar-refractivity contribution in [2.24, 2.45) is 0 Å². The van der Waals surface area contributed by atoms with Crippen LogP contribution in [0.2, 0.25) is 0 Å². The van der Waals surface area contributed by atoms with Crippen molar-refractivity contribution >= 4 is 55.0 Å². The summed E-state index contributed by atoms with van der Waals surface area (Å²) in [5, 5.41) is 0.656. The number of aromatic nitrogens is 1. The summed E-state index contributed by atoms with van der Waals surface area (Å²) < 4.78 is 28.1. The van der Waals surface area contributed by atoms with Crippen LogP contribution in [0.25, 0.3) is 10.2 Å². The molecule has 35 heavy (non-hydrogen) atoms. The normalized spacial score (nSPS) is 11.8. The highest BCUT2D eigenvalue weighted by Gasteiger charge is 2.24. The first-order valence-corrected chi connectivity index (χ1v) is 13.8. The summed E-state index contributed by atoms with van der Waals surface area (Å²) in [6.45, 7) is 9.91. The number of amides is 1. The van der Waals surface area contributed by atoms with Crippen molar-refractivity contribution in [2.75, 3.05) is 45.2 Å². The van der Waals surface area contributed by atoms with Crippen LogP contribution in [0.5, 0.6) is 0 Å². The zero-order chi connectivity index (χ0) is 25.0. The number of rotatable bonds is 10. The summed E-state index contributed by atoms with van der Waals surface area (Å²) >= 11 is 1.51. The molecule has 0 radical (unpaired) electrons. The van der Waals surface area contributed by atoms with Gasteiger partial charge in [-0.05, 0) is 88.4 Å². The van der Waals surface area contributed by atoms with Gasteiger partial charge in [0.1, 0.15) is 0 Å². The van der Waals surface area contributed by atoms with E-state index < -0.39 is 10.0 Å². The number of sulfonamides is 1. The van der Waals surface area contributed by atoms with E-state index in [0.29, 0.717) is 30.3 Å². The van der Waals surface area contributed by atoms with Crippen LogP contribution in [0.15, 0.2) is 41.3 Å². The van der Waals surface area contributed by atoms with Crippen LogP contribution in [-0.2, 0) is 10.0 Å². The quantitative estimate of drug-likeness (QED) is 0.364. The highest BCUT2D eigenvalue weighted by molar-refractivity contribution is 7.89. The van der Waals surface area contributed by atoms with Crippen LogP contribution in [0.1, 0.15) is 41.8 Å². The van der Waals surface area contributed by atoms with Gasteiger partial charge in [-0.3, -0.25) is 9.69 Å². The molecular weight excluding hydrogens is 504 g/mol. The van der Waals surface area contributed by atoms with Crippen molar-refractivity contribution in [3.05, 3.63) is 53.1 Å². The average Bonchev–Trinajstić information content (AvgIpc) is 3.19. The molecule has 0 N–H and O–H groups in total. The van der Waals surface area contributed by atoms with Gasteiger partial charge < -0.3 is 4.90 Å². The lowest BCUT2D eigenvalue weighted by Crippen LogP contribution is -2.33. The lowest BCUT2D eigenvalue weighted by Gasteiger charge is -2.22. The number of aryl methyl sites for hydroxylation is 2. The molecule has 0 aliphatic heterocycles. The minimum Gasteiger partial charge on any atom is -0.309 e. The zero-order valence-corrected chi connectivity index (χ0v) is 23.7. The van der Waals surface area contributed by atoms with Crippen LogP contribution in [0.4, 0.5) is 5.13 Å². The average molecular weight is 539 g/mol. The highest BCUT2D eigenvalue weighted by Crippen LogP contribution is 2.32. The van der Waals surface area contributed by atoms with Gasteiger partial charge >= 0.3 is 0 Å². The molecule has 1 aromatic heterocycles. The first-order chi connectivity index (χ1) is 16.1. The maximum atomic E-state index is 13.6. The van der Waals surface area contributed by atoms with Gasteiger partial charge in [-0.25, -0.2) is 13.4 Å². The molecule has 1 heterocycles. The molecule has 0 saturated heterocycles. The van der Waals surface area contributed by atoms with Crippen molar-refractivity contribution in [2.45, 2.75) is 39.0 Å². The number of thiazole rings is 1. The summed E-state index contributed by atoms with van der Waals surface area (Å²) in [6, 6.07) is 10.4. The monoisotopic (exact) mass is 538 g/mol. The maximum absolute atomic E-state index is 13.6. The maximum Gasteiger partial charge on any atom is 0.260 e. The predicted molar refractivity (Wildman–Crippen MR) is 148 cm³/mol. The predicted octanol–water partition coefficient (Wildman–Crippen LogP) is 4.96. The number of halogens is 1. The van der Waals surface area contributed by atoms with Gasteiger partial charge in [0, 0.05) is 25.2 Å². The first kappa shape index (κ1) is 29.2. The van der Waals surface area contributed by atoms with Crippen LogP contribution in [0, 0.1) is 13.8 Å². The standard InChI is InChI=1S/C25H34N4O3S2.ClH/c1-7-28(8-2)34(31,32)21-12-10-20(11-13-21)24(30)29(15-9-14-27(5)6)25-26-22-16-18(3)19(4)17-23(22)33-25;/h10-13,16-17H,7-9,14-15H2,1-6H3;1H. The van der Waals surface area contributed by atoms with Gasteiger partial charge in [-0.1, -0.05) is 25.2 Å². The Kier molecular flexibility index (Phi) is 10.2. The van der Waals surface area contributed by atoms with E-state index in [0.717, 1.165) is 23.2 Å². The molecule has 0 fully saturated rings. The van der Waals surface area contributed by atoms with Crippen molar-refractivity contribution in [1.29, 1.82) is 0 Å². The topological polar surface area (TPSA) is 73.8 Å². The number of carbonyl (C=O) groups excluding carboxylic acids is 1. The van der Waals surface area contributed by atoms with Gasteiger partial charge in [0.15, 0.2) is 5.13 Å². The van der Waals surface area contributed by atoms with Gasteiger partial charge in [-0.15, -0.1) is 12.4 Å². The Labute approximate surface area is 219 Å². The van der Waals surface area contributed by atoms with Crippen molar-refractivity contribution in [1.82, 2.24) is 14.2 Å². The van der Waals surface area contributed by atoms with Crippen molar-refractivity contribution in [3.63, 3.8) is 0 Å². The third kappa shape index (κ3) is 6.59. The fraction of sp³-hybridized carbons (Fsp3) is 0.440. The summed E-state index contributed by atoms with van der Waals surface area (Å²) in [5.74, 6) is -0.182. The first-order valence-electron chi connectivity index (χ1n) is 11.5. The fourth-order valence-corrected chi connectivity index (χ4v) is 6.28. The number of carbonyl (C=O) groups is 1. The summed E-state index contributed by atoms with van der Waals surface area (Å²) in [5.41, 5.74) is 3.68. The second-order valence-electron chi connectivity index (χ2n) is 8.63. The van der Waals surface area contributed by atoms with E-state index in [4.69, 9.17) is 4.98 Å². The van der Waals surface area contributed by atoms with E-state index in [1.54, 1.807) is 17.0 Å². The minimum atomic E-state index is -3.57. The van der Waals surface area contributed by atoms with Crippen molar-refractivity contribution in [3.8, 4) is 0 Å². The van der Waals surface area contributed by atoms with Crippen LogP contribution >= 0.6 is 23.7 Å². The Morgan fingerprint density at radius 3 is 2.14 bits per heavy atom. The number of benzene rings is 2. The molecule has 0 aliphatic carbocycles. The molecule has 0 unspecified atom stereocenters. The molecule has 2 aromatic carbocycles. The number of nitrogens with zero attached hydrogens (tertiary/aromatic N) is 4. The Bertz CT molecular complexity index is 1210. The number of fused-ring (bicyclic) bond motifs is 1. The van der Waals surface area contributed by atoms with Gasteiger partial charge in [-0.2, -0.15) is 4.31 Å². The lowest BCUT2D eigenvalue weighted by molar-refractivity contribution is 0.0986. The summed E-state index contributed by atoms with van der Waals surface area (Å²) in [6.07, 6.45) is 0.793. The Hall–Kier alpha value is -2.04. The third-order valence-electron chi connectivity index (χ3n) is 5.90. The molecule has 3 rings (SSSR count). The molecule has 0 spiro atoms. The number of hydrogen-bond donors (Lipinski definition) is 0. The molecular formula is C25H35ClN4O3S2. The number of hydrogen-bond acceptors (Lipinski definition) is 6. The second-order valence-corrected chi connectivity index (χ2v) is 11.6. The highest BCUT2D eigenvalue weighted by atomic mass is 35.5. The molecule has 0 atom stereocenters. The number of anilines is 1. The lowest BCUT2D eigenvalue weighted by atomic mass is 10.1. The van der Waals surface area contributed by atoms with E-state index in [1.165, 1.54) is 38.9 Å². The van der Waals surface area contributed by atoms with Gasteiger partial charge in [0.25, 0.3) is 5.91 Å². The van der Waals surface area contributed by atoms with E-state index in [-0.39, 0.29) is 23.2 Å². The summed E-state index contributed by atoms with van der Waals surface area (Å²) in [4.78, 5) is 22.3.